The Morgan fingerprint density at radius 1 is 1.27 bits per heavy atom. The SMILES string of the molecule is CCNC(=O)Nc1nc2c(-c3ncc(C(C)(C)N)o3)cc(-c3cccnc3)cc2[nH]1. The van der Waals surface area contributed by atoms with Gasteiger partial charge in [-0.1, -0.05) is 6.07 Å². The molecule has 0 aliphatic heterocycles. The molecule has 9 heteroatoms. The van der Waals surface area contributed by atoms with E-state index in [0.29, 0.717) is 35.2 Å². The van der Waals surface area contributed by atoms with E-state index >= 15 is 0 Å². The summed E-state index contributed by atoms with van der Waals surface area (Å²) in [5, 5.41) is 5.38. The van der Waals surface area contributed by atoms with Gasteiger partial charge in [0.15, 0.2) is 0 Å². The van der Waals surface area contributed by atoms with Gasteiger partial charge in [0, 0.05) is 24.5 Å². The highest BCUT2D eigenvalue weighted by Gasteiger charge is 2.22. The Morgan fingerprint density at radius 3 is 2.77 bits per heavy atom. The van der Waals surface area contributed by atoms with Crippen molar-refractivity contribution in [1.82, 2.24) is 25.3 Å². The molecule has 0 saturated heterocycles. The number of urea groups is 1. The second kappa shape index (κ2) is 7.60. The molecular weight excluding hydrogens is 382 g/mol. The summed E-state index contributed by atoms with van der Waals surface area (Å²) in [4.78, 5) is 28.2. The van der Waals surface area contributed by atoms with E-state index in [9.17, 15) is 4.79 Å². The number of H-pyrrole nitrogens is 1. The third kappa shape index (κ3) is 3.87. The first-order valence-corrected chi connectivity index (χ1v) is 9.59. The zero-order chi connectivity index (χ0) is 21.3. The summed E-state index contributed by atoms with van der Waals surface area (Å²) < 4.78 is 5.96. The minimum atomic E-state index is -0.665. The predicted molar refractivity (Wildman–Crippen MR) is 115 cm³/mol. The van der Waals surface area contributed by atoms with Crippen LogP contribution in [0.3, 0.4) is 0 Å². The van der Waals surface area contributed by atoms with Crippen LogP contribution in [-0.4, -0.2) is 32.5 Å². The number of rotatable bonds is 5. The lowest BCUT2D eigenvalue weighted by atomic mass is 10.0. The van der Waals surface area contributed by atoms with E-state index in [1.54, 1.807) is 18.6 Å². The van der Waals surface area contributed by atoms with Crippen molar-refractivity contribution < 1.29 is 9.21 Å². The molecule has 0 aliphatic carbocycles. The normalized spacial score (nSPS) is 11.6. The number of hydrogen-bond acceptors (Lipinski definition) is 6. The van der Waals surface area contributed by atoms with E-state index in [1.165, 1.54) is 0 Å². The standard InChI is InChI=1S/C21H23N7O2/c1-4-24-20(29)28-19-26-15-9-13(12-6-5-7-23-10-12)8-14(17(15)27-19)18-25-11-16(30-18)21(2,3)22/h5-11H,4,22H2,1-3H3,(H3,24,26,27,28,29). The first kappa shape index (κ1) is 19.6. The number of anilines is 1. The number of carbonyl (C=O) groups excluding carboxylic acids is 1. The van der Waals surface area contributed by atoms with Gasteiger partial charge in [-0.05, 0) is 44.5 Å². The second-order valence-corrected chi connectivity index (χ2v) is 7.48. The van der Waals surface area contributed by atoms with Crippen LogP contribution in [-0.2, 0) is 5.54 Å². The van der Waals surface area contributed by atoms with E-state index < -0.39 is 5.54 Å². The molecule has 2 amide bonds. The molecule has 0 unspecified atom stereocenters. The van der Waals surface area contributed by atoms with Gasteiger partial charge in [0.2, 0.25) is 11.8 Å². The van der Waals surface area contributed by atoms with Gasteiger partial charge in [0.05, 0.1) is 22.8 Å². The average molecular weight is 405 g/mol. The fourth-order valence-electron chi connectivity index (χ4n) is 3.05. The Hall–Kier alpha value is -3.72. The number of benzene rings is 1. The van der Waals surface area contributed by atoms with Gasteiger partial charge < -0.3 is 20.5 Å². The Bertz CT molecular complexity index is 1190. The number of aromatic nitrogens is 4. The van der Waals surface area contributed by atoms with Crippen molar-refractivity contribution in [2.24, 2.45) is 5.73 Å². The molecule has 154 valence electrons. The summed E-state index contributed by atoms with van der Waals surface area (Å²) in [6.07, 6.45) is 5.12. The van der Waals surface area contributed by atoms with Crippen LogP contribution in [0.4, 0.5) is 10.7 Å². The van der Waals surface area contributed by atoms with Gasteiger partial charge in [-0.25, -0.2) is 14.8 Å². The quantitative estimate of drug-likeness (QED) is 0.400. The smallest absolute Gasteiger partial charge is 0.321 e. The van der Waals surface area contributed by atoms with Crippen LogP contribution >= 0.6 is 0 Å². The number of oxazole rings is 1. The Kier molecular flexibility index (Phi) is 4.96. The first-order valence-electron chi connectivity index (χ1n) is 9.59. The Labute approximate surface area is 173 Å². The summed E-state index contributed by atoms with van der Waals surface area (Å²) in [6.45, 7) is 6.05. The van der Waals surface area contributed by atoms with Crippen molar-refractivity contribution in [3.05, 3.63) is 48.6 Å². The molecule has 0 atom stereocenters. The van der Waals surface area contributed by atoms with E-state index in [2.05, 4.69) is 30.6 Å². The first-order chi connectivity index (χ1) is 14.3. The molecule has 0 bridgehead atoms. The summed E-state index contributed by atoms with van der Waals surface area (Å²) in [7, 11) is 0. The highest BCUT2D eigenvalue weighted by atomic mass is 16.4. The fraction of sp³-hybridized carbons (Fsp3) is 0.238. The van der Waals surface area contributed by atoms with E-state index in [4.69, 9.17) is 10.2 Å². The molecule has 3 aromatic heterocycles. The Balaban J connectivity index is 1.86. The van der Waals surface area contributed by atoms with Gasteiger partial charge in [-0.2, -0.15) is 0 Å². The van der Waals surface area contributed by atoms with Gasteiger partial charge in [-0.15, -0.1) is 0 Å². The van der Waals surface area contributed by atoms with Gasteiger partial charge >= 0.3 is 6.03 Å². The van der Waals surface area contributed by atoms with Crippen molar-refractivity contribution in [2.75, 3.05) is 11.9 Å². The number of hydrogen-bond donors (Lipinski definition) is 4. The van der Waals surface area contributed by atoms with E-state index in [-0.39, 0.29) is 6.03 Å². The summed E-state index contributed by atoms with van der Waals surface area (Å²) in [5.41, 5.74) is 9.36. The van der Waals surface area contributed by atoms with Gasteiger partial charge in [0.1, 0.15) is 11.3 Å². The molecule has 9 nitrogen and oxygen atoms in total. The topological polar surface area (TPSA) is 135 Å². The number of nitrogens with two attached hydrogens (primary N) is 1. The molecule has 4 rings (SSSR count). The molecule has 3 heterocycles. The van der Waals surface area contributed by atoms with Crippen molar-refractivity contribution in [3.63, 3.8) is 0 Å². The second-order valence-electron chi connectivity index (χ2n) is 7.48. The largest absolute Gasteiger partial charge is 0.439 e. The van der Waals surface area contributed by atoms with Crippen molar-refractivity contribution in [1.29, 1.82) is 0 Å². The number of nitrogens with zero attached hydrogens (tertiary/aromatic N) is 3. The molecule has 0 fully saturated rings. The number of pyridine rings is 1. The molecule has 0 saturated carbocycles. The summed E-state index contributed by atoms with van der Waals surface area (Å²) in [6, 6.07) is 7.38. The van der Waals surface area contributed by atoms with Gasteiger partial charge in [-0.3, -0.25) is 10.3 Å². The van der Waals surface area contributed by atoms with Crippen LogP contribution < -0.4 is 16.4 Å². The van der Waals surface area contributed by atoms with E-state index in [1.807, 2.05) is 45.0 Å². The lowest BCUT2D eigenvalue weighted by Gasteiger charge is -2.13. The van der Waals surface area contributed by atoms with E-state index in [0.717, 1.165) is 16.6 Å². The zero-order valence-corrected chi connectivity index (χ0v) is 17.0. The number of nitrogens with one attached hydrogen (secondary N) is 3. The highest BCUT2D eigenvalue weighted by molar-refractivity contribution is 5.97. The number of amides is 2. The zero-order valence-electron chi connectivity index (χ0n) is 17.0. The molecule has 0 aliphatic rings. The maximum atomic E-state index is 11.9. The van der Waals surface area contributed by atoms with Crippen LogP contribution in [0, 0.1) is 0 Å². The van der Waals surface area contributed by atoms with Gasteiger partial charge in [0.25, 0.3) is 0 Å². The minimum Gasteiger partial charge on any atom is -0.439 e. The maximum absolute atomic E-state index is 11.9. The summed E-state index contributed by atoms with van der Waals surface area (Å²) in [5.74, 6) is 1.29. The summed E-state index contributed by atoms with van der Waals surface area (Å²) >= 11 is 0. The molecule has 0 radical (unpaired) electrons. The third-order valence-corrected chi connectivity index (χ3v) is 4.52. The monoisotopic (exact) mass is 405 g/mol. The molecule has 5 N–H and O–H groups in total. The fourth-order valence-corrected chi connectivity index (χ4v) is 3.05. The van der Waals surface area contributed by atoms with Crippen LogP contribution in [0.5, 0.6) is 0 Å². The molecular formula is C21H23N7O2. The van der Waals surface area contributed by atoms with Crippen LogP contribution in [0.2, 0.25) is 0 Å². The minimum absolute atomic E-state index is 0.325. The van der Waals surface area contributed by atoms with Crippen molar-refractivity contribution in [2.45, 2.75) is 26.3 Å². The van der Waals surface area contributed by atoms with Crippen molar-refractivity contribution in [3.8, 4) is 22.6 Å². The predicted octanol–water partition coefficient (Wildman–Crippen LogP) is 3.62. The molecule has 4 aromatic rings. The van der Waals surface area contributed by atoms with Crippen LogP contribution in [0.15, 0.2) is 47.3 Å². The maximum Gasteiger partial charge on any atom is 0.321 e. The lowest BCUT2D eigenvalue weighted by molar-refractivity contribution is 0.252. The average Bonchev–Trinajstić information content (AvgIpc) is 3.34. The lowest BCUT2D eigenvalue weighted by Crippen LogP contribution is -2.28. The number of carbonyl (C=O) groups is 1. The highest BCUT2D eigenvalue weighted by Crippen LogP contribution is 2.34. The number of aromatic amines is 1. The Morgan fingerprint density at radius 2 is 2.10 bits per heavy atom. The van der Waals surface area contributed by atoms with Crippen LogP contribution in [0.25, 0.3) is 33.6 Å². The molecule has 1 aromatic carbocycles. The number of fused-ring (bicyclic) bond motifs is 1. The molecule has 0 spiro atoms. The van der Waals surface area contributed by atoms with Crippen molar-refractivity contribution >= 4 is 23.0 Å². The number of imidazole rings is 1. The van der Waals surface area contributed by atoms with Crippen LogP contribution in [0.1, 0.15) is 26.5 Å². The molecule has 30 heavy (non-hydrogen) atoms. The third-order valence-electron chi connectivity index (χ3n) is 4.52.